The maximum absolute atomic E-state index is 12.7. The van der Waals surface area contributed by atoms with E-state index in [-0.39, 0.29) is 29.1 Å². The zero-order chi connectivity index (χ0) is 17.2. The maximum Gasteiger partial charge on any atom is 0.274 e. The number of hydrogen-bond acceptors (Lipinski definition) is 7. The predicted molar refractivity (Wildman–Crippen MR) is 88.8 cm³/mol. The molecule has 3 rings (SSSR count). The minimum absolute atomic E-state index is 0.0336. The summed E-state index contributed by atoms with van der Waals surface area (Å²) in [5, 5.41) is 8.21. The van der Waals surface area contributed by atoms with Gasteiger partial charge in [0.1, 0.15) is 0 Å². The molecule has 0 saturated carbocycles. The molecular weight excluding hydrogens is 332 g/mol. The van der Waals surface area contributed by atoms with Crippen LogP contribution in [0.15, 0.2) is 12.1 Å². The molecule has 0 aromatic carbocycles. The van der Waals surface area contributed by atoms with Crippen molar-refractivity contribution in [3.8, 4) is 0 Å². The molecule has 1 aromatic rings. The monoisotopic (exact) mass is 354 g/mol. The third-order valence-electron chi connectivity index (χ3n) is 4.46. The Hall–Kier alpha value is -1.74. The van der Waals surface area contributed by atoms with Gasteiger partial charge in [-0.05, 0) is 25.5 Å². The van der Waals surface area contributed by atoms with Gasteiger partial charge in [0, 0.05) is 25.7 Å². The van der Waals surface area contributed by atoms with Crippen LogP contribution in [-0.2, 0) is 14.6 Å². The summed E-state index contributed by atoms with van der Waals surface area (Å²) in [6.07, 6.45) is 0.487. The summed E-state index contributed by atoms with van der Waals surface area (Å²) in [5.41, 5.74) is 0.248. The van der Waals surface area contributed by atoms with Crippen molar-refractivity contribution in [2.75, 3.05) is 49.3 Å². The number of rotatable bonds is 4. The van der Waals surface area contributed by atoms with Crippen molar-refractivity contribution in [2.24, 2.45) is 0 Å². The number of nitrogens with zero attached hydrogens (tertiary/aromatic N) is 4. The number of aromatic nitrogens is 2. The molecule has 8 nitrogen and oxygen atoms in total. The van der Waals surface area contributed by atoms with Crippen LogP contribution in [0, 0.1) is 0 Å². The molecule has 1 aromatic heterocycles. The van der Waals surface area contributed by atoms with Crippen LogP contribution in [0.4, 0.5) is 5.82 Å². The van der Waals surface area contributed by atoms with Gasteiger partial charge in [0.25, 0.3) is 5.91 Å². The van der Waals surface area contributed by atoms with Crippen molar-refractivity contribution in [3.05, 3.63) is 17.8 Å². The van der Waals surface area contributed by atoms with Gasteiger partial charge in [0.2, 0.25) is 0 Å². The second kappa shape index (κ2) is 7.02. The van der Waals surface area contributed by atoms with E-state index < -0.39 is 9.84 Å². The van der Waals surface area contributed by atoms with E-state index in [4.69, 9.17) is 4.74 Å². The summed E-state index contributed by atoms with van der Waals surface area (Å²) in [6, 6.07) is 3.17. The first-order valence-corrected chi connectivity index (χ1v) is 10.00. The van der Waals surface area contributed by atoms with Gasteiger partial charge in [0.05, 0.1) is 24.7 Å². The van der Waals surface area contributed by atoms with Crippen LogP contribution in [-0.4, -0.2) is 79.8 Å². The van der Waals surface area contributed by atoms with Gasteiger partial charge in [-0.2, -0.15) is 0 Å². The molecule has 0 N–H and O–H groups in total. The molecule has 2 aliphatic heterocycles. The molecular formula is C15H22N4O4S. The molecule has 24 heavy (non-hydrogen) atoms. The van der Waals surface area contributed by atoms with Crippen LogP contribution >= 0.6 is 0 Å². The molecule has 0 spiro atoms. The molecule has 0 aliphatic carbocycles. The molecule has 9 heteroatoms. The van der Waals surface area contributed by atoms with E-state index >= 15 is 0 Å². The number of hydrogen-bond donors (Lipinski definition) is 0. The third-order valence-corrected chi connectivity index (χ3v) is 6.21. The first-order chi connectivity index (χ1) is 11.5. The largest absolute Gasteiger partial charge is 0.378 e. The van der Waals surface area contributed by atoms with Crippen molar-refractivity contribution >= 4 is 21.6 Å². The molecule has 1 unspecified atom stereocenters. The molecule has 132 valence electrons. The van der Waals surface area contributed by atoms with E-state index in [2.05, 4.69) is 15.1 Å². The van der Waals surface area contributed by atoms with Crippen LogP contribution in [0.1, 0.15) is 23.8 Å². The lowest BCUT2D eigenvalue weighted by atomic mass is 10.2. The highest BCUT2D eigenvalue weighted by Crippen LogP contribution is 2.20. The Morgan fingerprint density at radius 3 is 2.62 bits per heavy atom. The van der Waals surface area contributed by atoms with Gasteiger partial charge in [-0.15, -0.1) is 10.2 Å². The van der Waals surface area contributed by atoms with Gasteiger partial charge < -0.3 is 14.5 Å². The second-order valence-electron chi connectivity index (χ2n) is 6.02. The number of morpholine rings is 1. The summed E-state index contributed by atoms with van der Waals surface area (Å²) in [4.78, 5) is 16.3. The van der Waals surface area contributed by atoms with Gasteiger partial charge in [-0.1, -0.05) is 0 Å². The normalized spacial score (nSPS) is 23.2. The minimum atomic E-state index is -3.04. The topological polar surface area (TPSA) is 92.7 Å². The van der Waals surface area contributed by atoms with E-state index in [0.29, 0.717) is 26.2 Å². The Morgan fingerprint density at radius 2 is 2.08 bits per heavy atom. The van der Waals surface area contributed by atoms with Crippen LogP contribution in [0.2, 0.25) is 0 Å². The fourth-order valence-electron chi connectivity index (χ4n) is 3.14. The van der Waals surface area contributed by atoms with Crippen LogP contribution in [0.25, 0.3) is 0 Å². The molecule has 1 atom stereocenters. The first-order valence-electron chi connectivity index (χ1n) is 8.18. The smallest absolute Gasteiger partial charge is 0.274 e. The van der Waals surface area contributed by atoms with Crippen LogP contribution in [0.5, 0.6) is 0 Å². The van der Waals surface area contributed by atoms with Gasteiger partial charge in [0.15, 0.2) is 21.3 Å². The molecule has 1 amide bonds. The third kappa shape index (κ3) is 3.67. The Labute approximate surface area is 141 Å². The number of amides is 1. The second-order valence-corrected chi connectivity index (χ2v) is 8.25. The molecule has 3 heterocycles. The Bertz CT molecular complexity index is 686. The lowest BCUT2D eigenvalue weighted by Crippen LogP contribution is -2.41. The van der Waals surface area contributed by atoms with Crippen molar-refractivity contribution in [1.29, 1.82) is 0 Å². The highest BCUT2D eigenvalue weighted by atomic mass is 32.2. The number of carbonyl (C=O) groups excluding carboxylic acids is 1. The average Bonchev–Trinajstić information content (AvgIpc) is 2.96. The average molecular weight is 354 g/mol. The molecule has 2 aliphatic rings. The lowest BCUT2D eigenvalue weighted by molar-refractivity contribution is 0.0701. The highest BCUT2D eigenvalue weighted by Gasteiger charge is 2.34. The van der Waals surface area contributed by atoms with Crippen LogP contribution < -0.4 is 4.90 Å². The van der Waals surface area contributed by atoms with Crippen molar-refractivity contribution in [3.63, 3.8) is 0 Å². The van der Waals surface area contributed by atoms with Crippen molar-refractivity contribution < 1.29 is 17.9 Å². The van der Waals surface area contributed by atoms with E-state index in [0.717, 1.165) is 18.9 Å². The number of anilines is 1. The number of carbonyl (C=O) groups is 1. The molecule has 2 saturated heterocycles. The first kappa shape index (κ1) is 17.1. The van der Waals surface area contributed by atoms with Crippen molar-refractivity contribution in [1.82, 2.24) is 15.1 Å². The molecule has 0 radical (unpaired) electrons. The standard InChI is InChI=1S/C15H22N4O4S/c1-2-19(12-5-10-24(21,22)11-12)15(20)13-3-4-14(17-16-13)18-6-8-23-9-7-18/h3-4,12H,2,5-11H2,1H3. The van der Waals surface area contributed by atoms with Gasteiger partial charge in [-0.25, -0.2) is 8.42 Å². The Kier molecular flexibility index (Phi) is 5.00. The van der Waals surface area contributed by atoms with Crippen LogP contribution in [0.3, 0.4) is 0 Å². The summed E-state index contributed by atoms with van der Waals surface area (Å²) in [5.74, 6) is 0.636. The number of ether oxygens (including phenoxy) is 1. The number of sulfone groups is 1. The summed E-state index contributed by atoms with van der Waals surface area (Å²) >= 11 is 0. The summed E-state index contributed by atoms with van der Waals surface area (Å²) < 4.78 is 28.6. The van der Waals surface area contributed by atoms with Gasteiger partial charge in [-0.3, -0.25) is 4.79 Å². The quantitative estimate of drug-likeness (QED) is 0.749. The summed E-state index contributed by atoms with van der Waals surface area (Å²) in [6.45, 7) is 5.11. The lowest BCUT2D eigenvalue weighted by Gasteiger charge is -2.28. The zero-order valence-electron chi connectivity index (χ0n) is 13.7. The highest BCUT2D eigenvalue weighted by molar-refractivity contribution is 7.91. The van der Waals surface area contributed by atoms with E-state index in [1.54, 1.807) is 17.0 Å². The maximum atomic E-state index is 12.7. The molecule has 2 fully saturated rings. The Morgan fingerprint density at radius 1 is 1.33 bits per heavy atom. The van der Waals surface area contributed by atoms with Gasteiger partial charge >= 0.3 is 0 Å². The summed E-state index contributed by atoms with van der Waals surface area (Å²) in [7, 11) is -3.04. The minimum Gasteiger partial charge on any atom is -0.378 e. The SMILES string of the molecule is CCN(C(=O)c1ccc(N2CCOCC2)nn1)C1CCS(=O)(=O)C1. The Balaban J connectivity index is 1.71. The predicted octanol–water partition coefficient (Wildman–Crippen LogP) is -0.0376. The fraction of sp³-hybridized carbons (Fsp3) is 0.667. The van der Waals surface area contributed by atoms with Crippen molar-refractivity contribution in [2.45, 2.75) is 19.4 Å². The van der Waals surface area contributed by atoms with E-state index in [1.807, 2.05) is 6.92 Å². The van der Waals surface area contributed by atoms with E-state index in [9.17, 15) is 13.2 Å². The molecule has 0 bridgehead atoms. The fourth-order valence-corrected chi connectivity index (χ4v) is 4.87. The zero-order valence-corrected chi connectivity index (χ0v) is 14.5. The van der Waals surface area contributed by atoms with E-state index in [1.165, 1.54) is 0 Å².